The number of nitrogens with one attached hydrogen (secondary N) is 1. The van der Waals surface area contributed by atoms with Crippen LogP contribution in [0.5, 0.6) is 0 Å². The van der Waals surface area contributed by atoms with Gasteiger partial charge in [-0.1, -0.05) is 12.1 Å². The van der Waals surface area contributed by atoms with E-state index in [0.29, 0.717) is 18.7 Å². The molecule has 2 heterocycles. The third-order valence-electron chi connectivity index (χ3n) is 4.11. The van der Waals surface area contributed by atoms with Gasteiger partial charge >= 0.3 is 0 Å². The third-order valence-corrected chi connectivity index (χ3v) is 6.39. The van der Waals surface area contributed by atoms with Crippen LogP contribution in [0.15, 0.2) is 46.7 Å². The van der Waals surface area contributed by atoms with E-state index < -0.39 is 10.0 Å². The van der Waals surface area contributed by atoms with E-state index in [-0.39, 0.29) is 29.6 Å². The molecule has 2 aromatic rings. The molecule has 0 spiro atoms. The van der Waals surface area contributed by atoms with Crippen molar-refractivity contribution in [2.24, 2.45) is 0 Å². The van der Waals surface area contributed by atoms with Gasteiger partial charge < -0.3 is 9.64 Å². The first kappa shape index (κ1) is 19.0. The summed E-state index contributed by atoms with van der Waals surface area (Å²) in [5.41, 5.74) is 0.366. The fourth-order valence-corrected chi connectivity index (χ4v) is 4.77. The van der Waals surface area contributed by atoms with Crippen LogP contribution in [-0.4, -0.2) is 44.5 Å². The van der Waals surface area contributed by atoms with Gasteiger partial charge in [-0.15, -0.1) is 11.3 Å². The van der Waals surface area contributed by atoms with Crippen LogP contribution in [0.2, 0.25) is 0 Å². The lowest BCUT2D eigenvalue weighted by molar-refractivity contribution is -0.0586. The van der Waals surface area contributed by atoms with E-state index in [1.165, 1.54) is 23.5 Å². The zero-order chi connectivity index (χ0) is 18.7. The molecule has 0 radical (unpaired) electrons. The molecule has 1 amide bonds. The molecule has 2 unspecified atom stereocenters. The Morgan fingerprint density at radius 3 is 2.62 bits per heavy atom. The Balaban J connectivity index is 1.75. The van der Waals surface area contributed by atoms with Gasteiger partial charge in [-0.2, -0.15) is 0 Å². The Labute approximate surface area is 157 Å². The van der Waals surface area contributed by atoms with Gasteiger partial charge in [0.1, 0.15) is 0 Å². The maximum absolute atomic E-state index is 12.8. The van der Waals surface area contributed by atoms with E-state index >= 15 is 0 Å². The lowest BCUT2D eigenvalue weighted by atomic mass is 10.1. The molecule has 1 N–H and O–H groups in total. The number of rotatable bonds is 5. The Morgan fingerprint density at radius 1 is 1.23 bits per heavy atom. The Morgan fingerprint density at radius 2 is 1.96 bits per heavy atom. The second-order valence-electron chi connectivity index (χ2n) is 6.40. The van der Waals surface area contributed by atoms with Crippen LogP contribution in [0.1, 0.15) is 29.1 Å². The number of amides is 1. The summed E-state index contributed by atoms with van der Waals surface area (Å²) in [6.07, 6.45) is -0.0795. The average Bonchev–Trinajstić information content (AvgIpc) is 3.12. The molecular formula is C18H22N2O4S2. The number of morpholine rings is 1. The molecule has 2 atom stereocenters. The Bertz CT molecular complexity index is 855. The van der Waals surface area contributed by atoms with Crippen LogP contribution < -0.4 is 4.72 Å². The lowest BCUT2D eigenvalue weighted by Crippen LogP contribution is -2.48. The summed E-state index contributed by atoms with van der Waals surface area (Å²) in [5.74, 6) is -0.178. The highest BCUT2D eigenvalue weighted by Crippen LogP contribution is 2.18. The first-order valence-corrected chi connectivity index (χ1v) is 10.8. The van der Waals surface area contributed by atoms with Gasteiger partial charge in [-0.3, -0.25) is 4.79 Å². The van der Waals surface area contributed by atoms with Crippen molar-refractivity contribution in [1.29, 1.82) is 0 Å². The van der Waals surface area contributed by atoms with Crippen molar-refractivity contribution in [3.05, 3.63) is 52.2 Å². The largest absolute Gasteiger partial charge is 0.372 e. The topological polar surface area (TPSA) is 75.7 Å². The van der Waals surface area contributed by atoms with Crippen LogP contribution in [0, 0.1) is 0 Å². The van der Waals surface area contributed by atoms with Gasteiger partial charge in [0, 0.05) is 30.1 Å². The number of thiophene rings is 1. The van der Waals surface area contributed by atoms with Crippen LogP contribution in [0.25, 0.3) is 0 Å². The van der Waals surface area contributed by atoms with Crippen molar-refractivity contribution in [2.45, 2.75) is 37.5 Å². The van der Waals surface area contributed by atoms with Gasteiger partial charge in [-0.05, 0) is 43.5 Å². The first-order valence-electron chi connectivity index (χ1n) is 8.42. The monoisotopic (exact) mass is 394 g/mol. The quantitative estimate of drug-likeness (QED) is 0.845. The van der Waals surface area contributed by atoms with Crippen LogP contribution in [0.3, 0.4) is 0 Å². The van der Waals surface area contributed by atoms with Gasteiger partial charge in [0.25, 0.3) is 5.91 Å². The molecule has 0 saturated carbocycles. The molecule has 8 heteroatoms. The molecule has 26 heavy (non-hydrogen) atoms. The highest BCUT2D eigenvalue weighted by atomic mass is 32.2. The van der Waals surface area contributed by atoms with Crippen LogP contribution in [-0.2, 0) is 21.3 Å². The minimum atomic E-state index is -3.68. The van der Waals surface area contributed by atoms with Crippen molar-refractivity contribution in [2.75, 3.05) is 13.1 Å². The standard InChI is InChI=1S/C18H22N2O4S2/c1-13-11-20(12-14(2)24-13)18(21)15-5-3-7-17(9-15)26(22,23)19-10-16-6-4-8-25-16/h3-9,13-14,19H,10-12H2,1-2H3. The molecule has 1 aromatic carbocycles. The molecule has 3 rings (SSSR count). The zero-order valence-corrected chi connectivity index (χ0v) is 16.3. The summed E-state index contributed by atoms with van der Waals surface area (Å²) >= 11 is 1.49. The summed E-state index contributed by atoms with van der Waals surface area (Å²) in [6.45, 7) is 5.07. The van der Waals surface area contributed by atoms with E-state index in [4.69, 9.17) is 4.74 Å². The number of carbonyl (C=O) groups is 1. The van der Waals surface area contributed by atoms with Crippen molar-refractivity contribution in [3.63, 3.8) is 0 Å². The smallest absolute Gasteiger partial charge is 0.254 e. The third kappa shape index (κ3) is 4.50. The fraction of sp³-hybridized carbons (Fsp3) is 0.389. The summed E-state index contributed by atoms with van der Waals surface area (Å²) in [4.78, 5) is 15.5. The minimum Gasteiger partial charge on any atom is -0.372 e. The summed E-state index contributed by atoms with van der Waals surface area (Å²) in [5, 5.41) is 1.90. The second-order valence-corrected chi connectivity index (χ2v) is 9.20. The summed E-state index contributed by atoms with van der Waals surface area (Å²) in [7, 11) is -3.68. The lowest BCUT2D eigenvalue weighted by Gasteiger charge is -2.35. The molecule has 1 fully saturated rings. The Kier molecular flexibility index (Phi) is 5.76. The summed E-state index contributed by atoms with van der Waals surface area (Å²) in [6, 6.07) is 9.92. The van der Waals surface area contributed by atoms with Crippen molar-refractivity contribution in [3.8, 4) is 0 Å². The molecule has 0 bridgehead atoms. The predicted octanol–water partition coefficient (Wildman–Crippen LogP) is 2.48. The summed E-state index contributed by atoms with van der Waals surface area (Å²) < 4.78 is 33.3. The number of nitrogens with zero attached hydrogens (tertiary/aromatic N) is 1. The first-order chi connectivity index (χ1) is 12.3. The predicted molar refractivity (Wildman–Crippen MR) is 101 cm³/mol. The fourth-order valence-electron chi connectivity index (χ4n) is 2.99. The number of sulfonamides is 1. The highest BCUT2D eigenvalue weighted by molar-refractivity contribution is 7.89. The maximum atomic E-state index is 12.8. The van der Waals surface area contributed by atoms with E-state index in [2.05, 4.69) is 4.72 Å². The van der Waals surface area contributed by atoms with Gasteiger partial charge in [0.2, 0.25) is 10.0 Å². The molecule has 6 nitrogen and oxygen atoms in total. The molecule has 1 aromatic heterocycles. The van der Waals surface area contributed by atoms with Gasteiger partial charge in [0.15, 0.2) is 0 Å². The molecule has 1 aliphatic rings. The average molecular weight is 395 g/mol. The molecule has 1 saturated heterocycles. The van der Waals surface area contributed by atoms with E-state index in [9.17, 15) is 13.2 Å². The van der Waals surface area contributed by atoms with E-state index in [1.54, 1.807) is 17.0 Å². The number of hydrogen-bond donors (Lipinski definition) is 1. The zero-order valence-electron chi connectivity index (χ0n) is 14.7. The minimum absolute atomic E-state index is 0.0397. The highest BCUT2D eigenvalue weighted by Gasteiger charge is 2.27. The number of hydrogen-bond acceptors (Lipinski definition) is 5. The molecule has 140 valence electrons. The normalized spacial score (nSPS) is 20.9. The maximum Gasteiger partial charge on any atom is 0.254 e. The van der Waals surface area contributed by atoms with Gasteiger partial charge in [-0.25, -0.2) is 13.1 Å². The van der Waals surface area contributed by atoms with E-state index in [0.717, 1.165) is 4.88 Å². The van der Waals surface area contributed by atoms with Crippen molar-refractivity contribution < 1.29 is 17.9 Å². The van der Waals surface area contributed by atoms with E-state index in [1.807, 2.05) is 31.4 Å². The number of ether oxygens (including phenoxy) is 1. The van der Waals surface area contributed by atoms with Crippen LogP contribution in [0.4, 0.5) is 0 Å². The molecule has 1 aliphatic heterocycles. The van der Waals surface area contributed by atoms with Crippen molar-refractivity contribution in [1.82, 2.24) is 9.62 Å². The second kappa shape index (κ2) is 7.87. The van der Waals surface area contributed by atoms with Crippen molar-refractivity contribution >= 4 is 27.3 Å². The van der Waals surface area contributed by atoms with Crippen LogP contribution >= 0.6 is 11.3 Å². The number of benzene rings is 1. The Hall–Kier alpha value is -1.74. The number of carbonyl (C=O) groups excluding carboxylic acids is 1. The van der Waals surface area contributed by atoms with Gasteiger partial charge in [0.05, 0.1) is 17.1 Å². The SMILES string of the molecule is CC1CN(C(=O)c2cccc(S(=O)(=O)NCc3cccs3)c2)CC(C)O1. The molecule has 0 aliphatic carbocycles. The molecular weight excluding hydrogens is 372 g/mol.